The van der Waals surface area contributed by atoms with Crippen LogP contribution in [0.2, 0.25) is 0 Å². The molecule has 0 fully saturated rings. The Morgan fingerprint density at radius 3 is 1.67 bits per heavy atom. The first-order chi connectivity index (χ1) is 29.5. The summed E-state index contributed by atoms with van der Waals surface area (Å²) in [6.07, 6.45) is 7.36. The Morgan fingerprint density at radius 1 is 0.450 bits per heavy atom. The maximum atomic E-state index is 2.55. The number of hydrogen-bond donors (Lipinski definition) is 0. The molecule has 0 N–H and O–H groups in total. The van der Waals surface area contributed by atoms with Crippen molar-refractivity contribution in [2.75, 3.05) is 4.90 Å². The van der Waals surface area contributed by atoms with Crippen LogP contribution < -0.4 is 4.90 Å². The summed E-state index contributed by atoms with van der Waals surface area (Å²) in [6.45, 7) is 4.88. The van der Waals surface area contributed by atoms with Gasteiger partial charge in [-0.1, -0.05) is 147 Å². The molecule has 3 heteroatoms. The van der Waals surface area contributed by atoms with Gasteiger partial charge in [0.05, 0.1) is 22.1 Å². The van der Waals surface area contributed by atoms with Crippen molar-refractivity contribution in [3.8, 4) is 16.8 Å². The molecule has 0 amide bonds. The molecule has 0 bridgehead atoms. The molecule has 2 atom stereocenters. The smallest absolute Gasteiger partial charge is 0.0542 e. The number of aromatic nitrogens is 2. The maximum Gasteiger partial charge on any atom is 0.0542 e. The Kier molecular flexibility index (Phi) is 7.71. The molecule has 0 spiro atoms. The van der Waals surface area contributed by atoms with Crippen molar-refractivity contribution in [1.82, 2.24) is 9.13 Å². The van der Waals surface area contributed by atoms with Crippen LogP contribution in [0.3, 0.4) is 0 Å². The lowest BCUT2D eigenvalue weighted by Crippen LogP contribution is -2.25. The average molecular weight is 770 g/mol. The molecule has 2 aromatic heterocycles. The molecule has 10 aromatic rings. The first-order valence-corrected chi connectivity index (χ1v) is 21.1. The van der Waals surface area contributed by atoms with Gasteiger partial charge in [0.25, 0.3) is 0 Å². The van der Waals surface area contributed by atoms with Crippen molar-refractivity contribution in [3.63, 3.8) is 0 Å². The zero-order chi connectivity index (χ0) is 40.0. The second-order valence-corrected chi connectivity index (χ2v) is 17.0. The lowest BCUT2D eigenvalue weighted by molar-refractivity contribution is 0.395. The van der Waals surface area contributed by atoms with Gasteiger partial charge < -0.3 is 14.0 Å². The van der Waals surface area contributed by atoms with Crippen LogP contribution in [0.25, 0.3) is 66.1 Å². The van der Waals surface area contributed by atoms with Crippen LogP contribution in [-0.2, 0) is 5.41 Å². The fourth-order valence-corrected chi connectivity index (χ4v) is 10.5. The molecular formula is C57H43N3. The van der Waals surface area contributed by atoms with Gasteiger partial charge in [-0.05, 0) is 112 Å². The zero-order valence-corrected chi connectivity index (χ0v) is 33.7. The summed E-state index contributed by atoms with van der Waals surface area (Å²) in [5.74, 6) is 0.699. The van der Waals surface area contributed by atoms with Gasteiger partial charge in [0.15, 0.2) is 0 Å². The second kappa shape index (κ2) is 13.3. The number of anilines is 3. The highest BCUT2D eigenvalue weighted by molar-refractivity contribution is 6.11. The number of benzene rings is 8. The fourth-order valence-electron chi connectivity index (χ4n) is 10.5. The highest BCUT2D eigenvalue weighted by Crippen LogP contribution is 2.55. The summed E-state index contributed by atoms with van der Waals surface area (Å²) < 4.78 is 4.84. The highest BCUT2D eigenvalue weighted by atomic mass is 15.1. The Labute approximate surface area is 350 Å². The zero-order valence-electron chi connectivity index (χ0n) is 33.7. The Morgan fingerprint density at radius 2 is 0.983 bits per heavy atom. The molecule has 2 aliphatic rings. The lowest BCUT2D eigenvalue weighted by atomic mass is 9.74. The van der Waals surface area contributed by atoms with Crippen LogP contribution in [0.15, 0.2) is 212 Å². The summed E-state index contributed by atoms with van der Waals surface area (Å²) in [5, 5.41) is 5.08. The monoisotopic (exact) mass is 769 g/mol. The van der Waals surface area contributed by atoms with Gasteiger partial charge in [-0.3, -0.25) is 0 Å². The number of fused-ring (bicyclic) bond motifs is 9. The number of nitrogens with zero attached hydrogens (tertiary/aromatic N) is 3. The Bertz CT molecular complexity index is 3290. The third-order valence-electron chi connectivity index (χ3n) is 13.4. The van der Waals surface area contributed by atoms with Crippen molar-refractivity contribution in [2.45, 2.75) is 25.2 Å². The van der Waals surface area contributed by atoms with Gasteiger partial charge in [-0.15, -0.1) is 0 Å². The molecule has 286 valence electrons. The van der Waals surface area contributed by atoms with E-state index in [0.717, 1.165) is 22.7 Å². The van der Waals surface area contributed by atoms with Crippen LogP contribution in [0.4, 0.5) is 17.1 Å². The van der Waals surface area contributed by atoms with E-state index in [4.69, 9.17) is 0 Å². The van der Waals surface area contributed by atoms with Crippen molar-refractivity contribution in [3.05, 3.63) is 223 Å². The predicted octanol–water partition coefficient (Wildman–Crippen LogP) is 15.1. The van der Waals surface area contributed by atoms with Crippen LogP contribution in [-0.4, -0.2) is 9.13 Å². The van der Waals surface area contributed by atoms with E-state index in [-0.39, 0.29) is 5.41 Å². The largest absolute Gasteiger partial charge is 0.310 e. The summed E-state index contributed by atoms with van der Waals surface area (Å²) in [5.41, 5.74) is 16.0. The summed E-state index contributed by atoms with van der Waals surface area (Å²) in [4.78, 5) is 2.38. The van der Waals surface area contributed by atoms with Crippen molar-refractivity contribution >= 4 is 66.4 Å². The molecule has 0 aliphatic heterocycles. The number of allylic oxidation sites excluding steroid dienone is 4. The quantitative estimate of drug-likeness (QED) is 0.164. The molecule has 0 saturated heterocycles. The number of rotatable bonds is 6. The molecule has 0 saturated carbocycles. The van der Waals surface area contributed by atoms with Crippen LogP contribution in [0, 0.1) is 5.92 Å². The predicted molar refractivity (Wildman–Crippen MR) is 253 cm³/mol. The molecule has 12 rings (SSSR count). The molecule has 8 aromatic carbocycles. The van der Waals surface area contributed by atoms with E-state index < -0.39 is 0 Å². The fraction of sp³-hybridized carbons (Fsp3) is 0.0877. The van der Waals surface area contributed by atoms with Crippen LogP contribution in [0.5, 0.6) is 0 Å². The third kappa shape index (κ3) is 5.22. The number of para-hydroxylation sites is 5. The molecule has 2 heterocycles. The highest BCUT2D eigenvalue weighted by Gasteiger charge is 2.45. The summed E-state index contributed by atoms with van der Waals surface area (Å²) >= 11 is 0. The van der Waals surface area contributed by atoms with E-state index in [2.05, 4.69) is 240 Å². The Hall–Kier alpha value is -7.36. The van der Waals surface area contributed by atoms with E-state index in [1.54, 1.807) is 0 Å². The summed E-state index contributed by atoms with van der Waals surface area (Å²) in [7, 11) is 0. The van der Waals surface area contributed by atoms with E-state index in [9.17, 15) is 0 Å². The van der Waals surface area contributed by atoms with Gasteiger partial charge >= 0.3 is 0 Å². The molecular weight excluding hydrogens is 727 g/mol. The van der Waals surface area contributed by atoms with Gasteiger partial charge in [0, 0.05) is 55.9 Å². The van der Waals surface area contributed by atoms with Gasteiger partial charge in [-0.2, -0.15) is 0 Å². The van der Waals surface area contributed by atoms with E-state index >= 15 is 0 Å². The minimum absolute atomic E-state index is 0.0445. The first-order valence-electron chi connectivity index (χ1n) is 21.1. The Balaban J connectivity index is 0.903. The minimum atomic E-state index is -0.0445. The molecule has 60 heavy (non-hydrogen) atoms. The van der Waals surface area contributed by atoms with Crippen LogP contribution in [0.1, 0.15) is 30.9 Å². The normalized spacial score (nSPS) is 16.7. The first kappa shape index (κ1) is 34.7. The molecule has 2 unspecified atom stereocenters. The lowest BCUT2D eigenvalue weighted by Gasteiger charge is -2.31. The van der Waals surface area contributed by atoms with Gasteiger partial charge in [0.1, 0.15) is 0 Å². The van der Waals surface area contributed by atoms with Crippen molar-refractivity contribution < 1.29 is 0 Å². The van der Waals surface area contributed by atoms with Crippen LogP contribution >= 0.6 is 0 Å². The van der Waals surface area contributed by atoms with E-state index in [1.807, 2.05) is 0 Å². The number of hydrogen-bond acceptors (Lipinski definition) is 1. The molecule has 3 nitrogen and oxygen atoms in total. The van der Waals surface area contributed by atoms with Crippen molar-refractivity contribution in [1.29, 1.82) is 0 Å². The molecule has 0 radical (unpaired) electrons. The minimum Gasteiger partial charge on any atom is -0.310 e. The second-order valence-electron chi connectivity index (χ2n) is 17.0. The van der Waals surface area contributed by atoms with E-state index in [1.165, 1.54) is 71.6 Å². The maximum absolute atomic E-state index is 2.55. The molecule has 2 aliphatic carbocycles. The standard InChI is InChI=1S/C57H43N3/c1-57(2)51-35-39(27-32-45(51)46-33-30-44(37-52(46)57)60-53-22-12-9-19-47(53)48-20-10-13-23-54(48)60)38-25-28-42(29-26-38)58(40-15-5-3-6-16-40)43-31-34-56-50(36-43)49-21-11-14-24-55(49)59(56)41-17-7-4-8-18-41/h3-37,46,52H,1-2H3. The SMILES string of the molecule is CC1(C)c2cc(-c3ccc(N(c4ccccc4)c4ccc5c(c4)c4ccccc4n5-c4ccccc4)cc3)ccc2C2C=CC(n3c4ccccc4c4ccccc43)=CC21. The topological polar surface area (TPSA) is 13.1 Å². The summed E-state index contributed by atoms with van der Waals surface area (Å²) in [6, 6.07) is 71.0. The average Bonchev–Trinajstić information content (AvgIpc) is 3.90. The van der Waals surface area contributed by atoms with Gasteiger partial charge in [0.2, 0.25) is 0 Å². The van der Waals surface area contributed by atoms with E-state index in [0.29, 0.717) is 11.8 Å². The third-order valence-corrected chi connectivity index (χ3v) is 13.4. The van der Waals surface area contributed by atoms with Gasteiger partial charge in [-0.25, -0.2) is 0 Å². The van der Waals surface area contributed by atoms with Crippen molar-refractivity contribution in [2.24, 2.45) is 5.92 Å².